The van der Waals surface area contributed by atoms with Crippen LogP contribution < -0.4 is 5.56 Å². The van der Waals surface area contributed by atoms with Crippen molar-refractivity contribution in [1.29, 1.82) is 0 Å². The van der Waals surface area contributed by atoms with E-state index >= 15 is 0 Å². The fraction of sp³-hybridized carbons (Fsp3) is 0.0800. The first-order valence-corrected chi connectivity index (χ1v) is 9.45. The molecular weight excluding hydrogens is 376 g/mol. The summed E-state index contributed by atoms with van der Waals surface area (Å²) in [5.41, 5.74) is 2.94. The van der Waals surface area contributed by atoms with E-state index in [0.717, 1.165) is 11.1 Å². The number of aromatic nitrogens is 2. The number of aromatic carboxylic acids is 1. The zero-order valence-electron chi connectivity index (χ0n) is 16.1. The second-order valence-electron chi connectivity index (χ2n) is 6.84. The Bertz CT molecular complexity index is 1350. The topological polar surface area (TPSA) is 72.2 Å². The lowest BCUT2D eigenvalue weighted by atomic mass is 10.1. The van der Waals surface area contributed by atoms with Gasteiger partial charge in [0.1, 0.15) is 0 Å². The number of rotatable bonds is 4. The van der Waals surface area contributed by atoms with E-state index in [1.807, 2.05) is 36.4 Å². The van der Waals surface area contributed by atoms with Crippen molar-refractivity contribution in [2.75, 3.05) is 0 Å². The Labute approximate surface area is 173 Å². The Hall–Kier alpha value is -4.17. The predicted molar refractivity (Wildman–Crippen MR) is 116 cm³/mol. The van der Waals surface area contributed by atoms with Gasteiger partial charge >= 0.3 is 5.97 Å². The summed E-state index contributed by atoms with van der Waals surface area (Å²) < 4.78 is 1.42. The van der Waals surface area contributed by atoms with Gasteiger partial charge < -0.3 is 5.11 Å². The van der Waals surface area contributed by atoms with Gasteiger partial charge in [-0.2, -0.15) is 0 Å². The number of carboxylic acid groups (broad SMARTS) is 1. The van der Waals surface area contributed by atoms with E-state index in [1.165, 1.54) is 17.0 Å². The molecule has 0 fully saturated rings. The molecule has 4 rings (SSSR count). The van der Waals surface area contributed by atoms with Crippen molar-refractivity contribution in [3.63, 3.8) is 0 Å². The monoisotopic (exact) mass is 394 g/mol. The number of benzene rings is 3. The Kier molecular flexibility index (Phi) is 5.40. The van der Waals surface area contributed by atoms with Crippen molar-refractivity contribution in [2.45, 2.75) is 13.0 Å². The van der Waals surface area contributed by atoms with Crippen molar-refractivity contribution >= 4 is 16.9 Å². The van der Waals surface area contributed by atoms with E-state index in [9.17, 15) is 14.7 Å². The van der Waals surface area contributed by atoms with Crippen molar-refractivity contribution in [2.24, 2.45) is 0 Å². The van der Waals surface area contributed by atoms with Crippen LogP contribution in [-0.2, 0) is 13.0 Å². The van der Waals surface area contributed by atoms with Crippen LogP contribution in [0.1, 0.15) is 27.0 Å². The summed E-state index contributed by atoms with van der Waals surface area (Å²) in [5.74, 6) is 5.21. The molecule has 5 heteroatoms. The van der Waals surface area contributed by atoms with Crippen LogP contribution in [0.2, 0.25) is 0 Å². The lowest BCUT2D eigenvalue weighted by Crippen LogP contribution is -2.22. The standard InChI is InChI=1S/C25H18N2O3/c28-24-22-15-19(10-6-9-18-7-2-1-3-8-18)13-14-23(22)26-17-27(24)16-20-11-4-5-12-21(20)25(29)30/h1-5,7-8,11-15,17H,9,16H2,(H,29,30). The second kappa shape index (κ2) is 8.46. The maximum Gasteiger partial charge on any atom is 0.336 e. The highest BCUT2D eigenvalue weighted by atomic mass is 16.4. The van der Waals surface area contributed by atoms with Gasteiger partial charge in [0.05, 0.1) is 29.3 Å². The van der Waals surface area contributed by atoms with E-state index in [0.29, 0.717) is 22.9 Å². The maximum absolute atomic E-state index is 13.0. The van der Waals surface area contributed by atoms with Crippen molar-refractivity contribution in [3.05, 3.63) is 112 Å². The Balaban J connectivity index is 1.65. The van der Waals surface area contributed by atoms with Crippen LogP contribution in [0.5, 0.6) is 0 Å². The van der Waals surface area contributed by atoms with Gasteiger partial charge in [-0.3, -0.25) is 9.36 Å². The molecule has 1 heterocycles. The minimum Gasteiger partial charge on any atom is -0.478 e. The number of fused-ring (bicyclic) bond motifs is 1. The van der Waals surface area contributed by atoms with E-state index in [1.54, 1.807) is 30.3 Å². The zero-order valence-corrected chi connectivity index (χ0v) is 16.1. The molecule has 0 amide bonds. The van der Waals surface area contributed by atoms with Crippen LogP contribution in [-0.4, -0.2) is 20.6 Å². The Morgan fingerprint density at radius 3 is 2.57 bits per heavy atom. The third kappa shape index (κ3) is 4.13. The second-order valence-corrected chi connectivity index (χ2v) is 6.84. The number of hydrogen-bond acceptors (Lipinski definition) is 3. The molecule has 0 aliphatic rings. The highest BCUT2D eigenvalue weighted by Gasteiger charge is 2.11. The van der Waals surface area contributed by atoms with Gasteiger partial charge in [-0.1, -0.05) is 60.4 Å². The Morgan fingerprint density at radius 1 is 1.00 bits per heavy atom. The van der Waals surface area contributed by atoms with Crippen LogP contribution in [0, 0.1) is 11.8 Å². The molecule has 0 radical (unpaired) electrons. The van der Waals surface area contributed by atoms with Crippen LogP contribution in [0.15, 0.2) is 83.9 Å². The molecule has 0 atom stereocenters. The first-order chi connectivity index (χ1) is 14.6. The third-order valence-corrected chi connectivity index (χ3v) is 4.78. The van der Waals surface area contributed by atoms with Crippen LogP contribution >= 0.6 is 0 Å². The van der Waals surface area contributed by atoms with Crippen molar-refractivity contribution in [3.8, 4) is 11.8 Å². The van der Waals surface area contributed by atoms with Gasteiger partial charge in [-0.25, -0.2) is 9.78 Å². The molecule has 0 aliphatic carbocycles. The molecule has 1 aromatic heterocycles. The number of carbonyl (C=O) groups is 1. The molecule has 0 unspecified atom stereocenters. The number of carboxylic acids is 1. The highest BCUT2D eigenvalue weighted by molar-refractivity contribution is 5.89. The van der Waals surface area contributed by atoms with Gasteiger partial charge in [0.15, 0.2) is 0 Å². The molecule has 3 aromatic carbocycles. The summed E-state index contributed by atoms with van der Waals surface area (Å²) in [7, 11) is 0. The highest BCUT2D eigenvalue weighted by Crippen LogP contribution is 2.13. The molecule has 30 heavy (non-hydrogen) atoms. The number of hydrogen-bond donors (Lipinski definition) is 1. The normalized spacial score (nSPS) is 10.4. The van der Waals surface area contributed by atoms with Crippen molar-refractivity contribution < 1.29 is 9.90 Å². The quantitative estimate of drug-likeness (QED) is 0.535. The molecule has 0 bridgehead atoms. The summed E-state index contributed by atoms with van der Waals surface area (Å²) in [6.45, 7) is 0.133. The molecule has 0 saturated heterocycles. The minimum absolute atomic E-state index is 0.133. The smallest absolute Gasteiger partial charge is 0.336 e. The SMILES string of the molecule is O=C(O)c1ccccc1Cn1cnc2ccc(C#CCc3ccccc3)cc2c1=O. The molecule has 5 nitrogen and oxygen atoms in total. The zero-order chi connectivity index (χ0) is 20.9. The molecular formula is C25H18N2O3. The summed E-state index contributed by atoms with van der Waals surface area (Å²) in [5, 5.41) is 9.82. The van der Waals surface area contributed by atoms with Crippen LogP contribution in [0.4, 0.5) is 0 Å². The summed E-state index contributed by atoms with van der Waals surface area (Å²) in [4.78, 5) is 28.8. The van der Waals surface area contributed by atoms with Gasteiger partial charge in [0.2, 0.25) is 0 Å². The first kappa shape index (κ1) is 19.2. The molecule has 4 aromatic rings. The first-order valence-electron chi connectivity index (χ1n) is 9.45. The van der Waals surface area contributed by atoms with Crippen LogP contribution in [0.3, 0.4) is 0 Å². The van der Waals surface area contributed by atoms with Crippen LogP contribution in [0.25, 0.3) is 10.9 Å². The molecule has 0 spiro atoms. The minimum atomic E-state index is -1.02. The predicted octanol–water partition coefficient (Wildman–Crippen LogP) is 3.74. The van der Waals surface area contributed by atoms with E-state index in [2.05, 4.69) is 16.8 Å². The lowest BCUT2D eigenvalue weighted by molar-refractivity contribution is 0.0695. The fourth-order valence-electron chi connectivity index (χ4n) is 3.24. The average Bonchev–Trinajstić information content (AvgIpc) is 2.77. The van der Waals surface area contributed by atoms with Gasteiger partial charge in [-0.05, 0) is 35.4 Å². The largest absolute Gasteiger partial charge is 0.478 e. The van der Waals surface area contributed by atoms with Gasteiger partial charge in [0.25, 0.3) is 5.56 Å². The molecule has 0 aliphatic heterocycles. The summed E-state index contributed by atoms with van der Waals surface area (Å²) >= 11 is 0. The van der Waals surface area contributed by atoms with E-state index in [4.69, 9.17) is 0 Å². The molecule has 0 saturated carbocycles. The van der Waals surface area contributed by atoms with Gasteiger partial charge in [-0.15, -0.1) is 0 Å². The summed E-state index contributed by atoms with van der Waals surface area (Å²) in [6, 6.07) is 22.0. The molecule has 146 valence electrons. The van der Waals surface area contributed by atoms with Crippen molar-refractivity contribution in [1.82, 2.24) is 9.55 Å². The third-order valence-electron chi connectivity index (χ3n) is 4.78. The number of nitrogens with zero attached hydrogens (tertiary/aromatic N) is 2. The average molecular weight is 394 g/mol. The maximum atomic E-state index is 13.0. The van der Waals surface area contributed by atoms with E-state index in [-0.39, 0.29) is 17.7 Å². The molecule has 1 N–H and O–H groups in total. The van der Waals surface area contributed by atoms with E-state index < -0.39 is 5.97 Å². The Morgan fingerprint density at radius 2 is 1.77 bits per heavy atom. The summed E-state index contributed by atoms with van der Waals surface area (Å²) in [6.07, 6.45) is 2.08. The fourth-order valence-corrected chi connectivity index (χ4v) is 3.24. The lowest BCUT2D eigenvalue weighted by Gasteiger charge is -2.09. The van der Waals surface area contributed by atoms with Gasteiger partial charge in [0, 0.05) is 12.0 Å².